The van der Waals surface area contributed by atoms with E-state index in [-0.39, 0.29) is 0 Å². The van der Waals surface area contributed by atoms with Crippen molar-refractivity contribution >= 4 is 0 Å². The van der Waals surface area contributed by atoms with Gasteiger partial charge in [-0.15, -0.1) is 0 Å². The van der Waals surface area contributed by atoms with Gasteiger partial charge in [-0.2, -0.15) is 0 Å². The Morgan fingerprint density at radius 1 is 0.895 bits per heavy atom. The maximum atomic E-state index is 5.62. The smallest absolute Gasteiger partial charge is 0.165 e. The predicted molar refractivity (Wildman–Crippen MR) is 77.3 cm³/mol. The van der Waals surface area contributed by atoms with Gasteiger partial charge in [-0.05, 0) is 41.7 Å². The van der Waals surface area contributed by atoms with Crippen LogP contribution in [0.1, 0.15) is 22.3 Å². The lowest BCUT2D eigenvalue weighted by Crippen LogP contribution is -2.00. The second kappa shape index (κ2) is 4.30. The van der Waals surface area contributed by atoms with Gasteiger partial charge in [-0.1, -0.05) is 24.3 Å². The van der Waals surface area contributed by atoms with Gasteiger partial charge in [0.25, 0.3) is 0 Å². The first-order valence-corrected chi connectivity index (χ1v) is 6.51. The van der Waals surface area contributed by atoms with Crippen LogP contribution in [0.5, 0.6) is 11.5 Å². The van der Waals surface area contributed by atoms with E-state index in [2.05, 4.69) is 38.1 Å². The minimum Gasteiger partial charge on any atom is -0.493 e. The van der Waals surface area contributed by atoms with Gasteiger partial charge in [-0.25, -0.2) is 0 Å². The van der Waals surface area contributed by atoms with Crippen LogP contribution in [0, 0.1) is 13.8 Å². The fraction of sp³-hybridized carbons (Fsp3) is 0.294. The summed E-state index contributed by atoms with van der Waals surface area (Å²) in [5.74, 6) is 1.75. The number of hydrogen-bond acceptors (Lipinski definition) is 2. The first kappa shape index (κ1) is 12.1. The maximum absolute atomic E-state index is 5.62. The summed E-state index contributed by atoms with van der Waals surface area (Å²) in [6.07, 6.45) is 0.923. The molecule has 1 aliphatic carbocycles. The highest BCUT2D eigenvalue weighted by atomic mass is 16.5. The second-order valence-corrected chi connectivity index (χ2v) is 5.00. The molecule has 0 aliphatic heterocycles. The van der Waals surface area contributed by atoms with Crippen LogP contribution < -0.4 is 9.47 Å². The lowest BCUT2D eigenvalue weighted by molar-refractivity contribution is 0.350. The summed E-state index contributed by atoms with van der Waals surface area (Å²) >= 11 is 0. The zero-order valence-electron chi connectivity index (χ0n) is 11.8. The Morgan fingerprint density at radius 2 is 1.58 bits per heavy atom. The van der Waals surface area contributed by atoms with Gasteiger partial charge < -0.3 is 9.47 Å². The Hall–Kier alpha value is -1.96. The molecule has 2 heteroatoms. The summed E-state index contributed by atoms with van der Waals surface area (Å²) in [4.78, 5) is 0. The maximum Gasteiger partial charge on any atom is 0.165 e. The summed E-state index contributed by atoms with van der Waals surface area (Å²) in [6.45, 7) is 4.26. The van der Waals surface area contributed by atoms with E-state index >= 15 is 0 Å². The number of methoxy groups -OCH3 is 2. The van der Waals surface area contributed by atoms with Crippen LogP contribution in [0.25, 0.3) is 11.1 Å². The second-order valence-electron chi connectivity index (χ2n) is 5.00. The van der Waals surface area contributed by atoms with Gasteiger partial charge in [0.1, 0.15) is 0 Å². The minimum atomic E-state index is 0.867. The van der Waals surface area contributed by atoms with Crippen molar-refractivity contribution in [2.75, 3.05) is 14.2 Å². The monoisotopic (exact) mass is 254 g/mol. The summed E-state index contributed by atoms with van der Waals surface area (Å²) < 4.78 is 11.2. The van der Waals surface area contributed by atoms with Gasteiger partial charge in [0, 0.05) is 12.0 Å². The molecule has 0 spiro atoms. The predicted octanol–water partition coefficient (Wildman–Crippen LogP) is 3.89. The molecule has 1 aliphatic rings. The fourth-order valence-corrected chi connectivity index (χ4v) is 3.11. The highest BCUT2D eigenvalue weighted by molar-refractivity contribution is 5.84. The Morgan fingerprint density at radius 3 is 2.26 bits per heavy atom. The van der Waals surface area contributed by atoms with E-state index in [1.54, 1.807) is 14.2 Å². The zero-order valence-corrected chi connectivity index (χ0v) is 11.8. The third-order valence-electron chi connectivity index (χ3n) is 4.12. The quantitative estimate of drug-likeness (QED) is 0.690. The van der Waals surface area contributed by atoms with Crippen molar-refractivity contribution in [3.8, 4) is 22.6 Å². The molecule has 2 aromatic carbocycles. The number of rotatable bonds is 2. The van der Waals surface area contributed by atoms with E-state index in [0.29, 0.717) is 0 Å². The van der Waals surface area contributed by atoms with Crippen molar-refractivity contribution in [1.29, 1.82) is 0 Å². The highest BCUT2D eigenvalue weighted by Crippen LogP contribution is 2.49. The van der Waals surface area contributed by atoms with Crippen molar-refractivity contribution in [2.45, 2.75) is 20.3 Å². The Balaban J connectivity index is 2.37. The van der Waals surface area contributed by atoms with E-state index in [1.165, 1.54) is 27.8 Å². The fourth-order valence-electron chi connectivity index (χ4n) is 3.11. The summed E-state index contributed by atoms with van der Waals surface area (Å²) in [7, 11) is 3.43. The molecule has 0 radical (unpaired) electrons. The third-order valence-corrected chi connectivity index (χ3v) is 4.12. The third kappa shape index (κ3) is 1.56. The van der Waals surface area contributed by atoms with Gasteiger partial charge in [0.15, 0.2) is 11.5 Å². The van der Waals surface area contributed by atoms with Gasteiger partial charge in [-0.3, -0.25) is 0 Å². The van der Waals surface area contributed by atoms with Crippen LogP contribution in [-0.4, -0.2) is 14.2 Å². The molecule has 2 nitrogen and oxygen atoms in total. The number of hydrogen-bond donors (Lipinski definition) is 0. The largest absolute Gasteiger partial charge is 0.493 e. The van der Waals surface area contributed by atoms with Crippen LogP contribution in [0.3, 0.4) is 0 Å². The average molecular weight is 254 g/mol. The molecule has 0 aromatic heterocycles. The van der Waals surface area contributed by atoms with Crippen molar-refractivity contribution in [3.05, 3.63) is 46.5 Å². The first-order valence-electron chi connectivity index (χ1n) is 6.51. The van der Waals surface area contributed by atoms with Crippen LogP contribution in [0.15, 0.2) is 24.3 Å². The molecule has 0 atom stereocenters. The summed E-state index contributed by atoms with van der Waals surface area (Å²) in [5, 5.41) is 0. The van der Waals surface area contributed by atoms with Crippen molar-refractivity contribution < 1.29 is 9.47 Å². The van der Waals surface area contributed by atoms with Crippen molar-refractivity contribution in [3.63, 3.8) is 0 Å². The van der Waals surface area contributed by atoms with Gasteiger partial charge in [0.2, 0.25) is 0 Å². The van der Waals surface area contributed by atoms with Gasteiger partial charge in [0.05, 0.1) is 14.2 Å². The van der Waals surface area contributed by atoms with Crippen LogP contribution in [-0.2, 0) is 6.42 Å². The molecule has 98 valence electrons. The molecule has 19 heavy (non-hydrogen) atoms. The normalized spacial score (nSPS) is 12.0. The molecule has 2 aromatic rings. The van der Waals surface area contributed by atoms with Crippen molar-refractivity contribution in [1.82, 2.24) is 0 Å². The molecule has 0 heterocycles. The molecule has 0 saturated heterocycles. The molecule has 0 bridgehead atoms. The van der Waals surface area contributed by atoms with E-state index in [1.807, 2.05) is 0 Å². The molecular weight excluding hydrogens is 236 g/mol. The van der Waals surface area contributed by atoms with E-state index in [9.17, 15) is 0 Å². The highest BCUT2D eigenvalue weighted by Gasteiger charge is 2.28. The van der Waals surface area contributed by atoms with E-state index < -0.39 is 0 Å². The van der Waals surface area contributed by atoms with Crippen LogP contribution in [0.4, 0.5) is 0 Å². The topological polar surface area (TPSA) is 18.5 Å². The molecule has 0 saturated carbocycles. The minimum absolute atomic E-state index is 0.867. The van der Waals surface area contributed by atoms with Crippen LogP contribution in [0.2, 0.25) is 0 Å². The lowest BCUT2D eigenvalue weighted by Gasteiger charge is -2.18. The molecule has 0 amide bonds. The van der Waals surface area contributed by atoms with Crippen LogP contribution >= 0.6 is 0 Å². The Labute approximate surface area is 114 Å². The Bertz CT molecular complexity index is 657. The van der Waals surface area contributed by atoms with Gasteiger partial charge >= 0.3 is 0 Å². The number of fused-ring (bicyclic) bond motifs is 3. The molecule has 3 rings (SSSR count). The Kier molecular flexibility index (Phi) is 2.74. The molecule has 0 fully saturated rings. The number of ether oxygens (including phenoxy) is 2. The lowest BCUT2D eigenvalue weighted by atomic mass is 9.95. The summed E-state index contributed by atoms with van der Waals surface area (Å²) in [5.41, 5.74) is 7.73. The standard InChI is InChI=1S/C17H18O2/c1-10-11(2)16(18-3)17(19-4)14-9-12-7-5-6-8-13(12)15(10)14/h5-8H,9H2,1-4H3. The molecule has 0 unspecified atom stereocenters. The summed E-state index contributed by atoms with van der Waals surface area (Å²) in [6, 6.07) is 8.57. The number of benzene rings is 2. The molecule has 0 N–H and O–H groups in total. The van der Waals surface area contributed by atoms with E-state index in [0.717, 1.165) is 23.5 Å². The van der Waals surface area contributed by atoms with E-state index in [4.69, 9.17) is 9.47 Å². The molecular formula is C17H18O2. The van der Waals surface area contributed by atoms with Crippen molar-refractivity contribution in [2.24, 2.45) is 0 Å². The first-order chi connectivity index (χ1) is 9.19. The average Bonchev–Trinajstić information content (AvgIpc) is 2.81. The SMILES string of the molecule is COc1c(C)c(C)c2c(c1OC)Cc1ccccc1-2. The zero-order chi connectivity index (χ0) is 13.6.